The van der Waals surface area contributed by atoms with Gasteiger partial charge in [-0.05, 0) is 37.7 Å². The summed E-state index contributed by atoms with van der Waals surface area (Å²) in [4.78, 5) is 116. The van der Waals surface area contributed by atoms with Gasteiger partial charge in [0.25, 0.3) is 0 Å². The van der Waals surface area contributed by atoms with Crippen LogP contribution in [0.5, 0.6) is 0 Å². The van der Waals surface area contributed by atoms with Gasteiger partial charge in [0, 0.05) is 25.9 Å². The second-order valence-corrected chi connectivity index (χ2v) is 12.5. The highest BCUT2D eigenvalue weighted by Crippen LogP contribution is 2.22. The molecule has 7 amide bonds. The number of nitrogens with two attached hydrogens (primary N) is 3. The normalized spacial score (nSPS) is 19.2. The molecule has 3 rings (SSSR count). The fourth-order valence-electron chi connectivity index (χ4n) is 6.11. The Balaban J connectivity index is 1.76. The summed E-state index contributed by atoms with van der Waals surface area (Å²) in [5.41, 5.74) is 16.8. The van der Waals surface area contributed by atoms with Gasteiger partial charge >= 0.3 is 11.9 Å². The van der Waals surface area contributed by atoms with Gasteiger partial charge in [-0.3, -0.25) is 38.4 Å². The Labute approximate surface area is 292 Å². The predicted molar refractivity (Wildman–Crippen MR) is 176 cm³/mol. The molecule has 0 bridgehead atoms. The van der Waals surface area contributed by atoms with Crippen molar-refractivity contribution in [2.45, 2.75) is 94.0 Å². The first-order chi connectivity index (χ1) is 24.1. The summed E-state index contributed by atoms with van der Waals surface area (Å²) in [6.07, 6.45) is -1.11. The first-order valence-corrected chi connectivity index (χ1v) is 16.4. The zero-order valence-electron chi connectivity index (χ0n) is 27.8. The number of carboxylic acid groups (broad SMARTS) is 2. The number of aliphatic carboxylic acids is 2. The van der Waals surface area contributed by atoms with Gasteiger partial charge in [0.1, 0.15) is 30.2 Å². The third-order valence-electron chi connectivity index (χ3n) is 8.62. The van der Waals surface area contributed by atoms with Gasteiger partial charge in [0.15, 0.2) is 0 Å². The molecular weight excluding hydrogens is 672 g/mol. The van der Waals surface area contributed by atoms with Crippen molar-refractivity contribution >= 4 is 53.3 Å². The van der Waals surface area contributed by atoms with Gasteiger partial charge in [-0.2, -0.15) is 0 Å². The van der Waals surface area contributed by atoms with E-state index in [-0.39, 0.29) is 45.2 Å². The van der Waals surface area contributed by atoms with Crippen LogP contribution < -0.4 is 33.2 Å². The minimum atomic E-state index is -1.75. The molecule has 19 heteroatoms. The molecule has 1 aromatic rings. The number of carbonyl (C=O) groups is 9. The fourth-order valence-corrected chi connectivity index (χ4v) is 6.11. The molecule has 0 aromatic heterocycles. The van der Waals surface area contributed by atoms with E-state index < -0.39 is 102 Å². The fraction of sp³-hybridized carbons (Fsp3) is 0.531. The molecule has 0 radical (unpaired) electrons. The van der Waals surface area contributed by atoms with E-state index in [2.05, 4.69) is 16.0 Å². The van der Waals surface area contributed by atoms with Gasteiger partial charge < -0.3 is 53.2 Å². The van der Waals surface area contributed by atoms with Crippen molar-refractivity contribution in [1.29, 1.82) is 0 Å². The van der Waals surface area contributed by atoms with Gasteiger partial charge in [0.05, 0.1) is 18.9 Å². The maximum absolute atomic E-state index is 13.8. The average molecular weight is 717 g/mol. The molecule has 2 saturated heterocycles. The molecule has 19 nitrogen and oxygen atoms in total. The van der Waals surface area contributed by atoms with Crippen LogP contribution in [-0.2, 0) is 49.6 Å². The molecule has 51 heavy (non-hydrogen) atoms. The minimum absolute atomic E-state index is 0.0243. The van der Waals surface area contributed by atoms with Crippen LogP contribution >= 0.6 is 0 Å². The number of nitrogens with zero attached hydrogens (tertiary/aromatic N) is 2. The van der Waals surface area contributed by atoms with E-state index >= 15 is 0 Å². The van der Waals surface area contributed by atoms with Crippen molar-refractivity contribution < 1.29 is 53.4 Å². The van der Waals surface area contributed by atoms with E-state index in [0.717, 1.165) is 9.80 Å². The summed E-state index contributed by atoms with van der Waals surface area (Å²) in [6.45, 7) is 0.155. The number of primary amides is 2. The number of carbonyl (C=O) groups excluding carboxylic acids is 7. The van der Waals surface area contributed by atoms with Gasteiger partial charge in [-0.1, -0.05) is 30.3 Å². The predicted octanol–water partition coefficient (Wildman–Crippen LogP) is -3.31. The van der Waals surface area contributed by atoms with Crippen molar-refractivity contribution in [3.05, 3.63) is 35.9 Å². The highest BCUT2D eigenvalue weighted by molar-refractivity contribution is 5.98. The lowest BCUT2D eigenvalue weighted by Gasteiger charge is -2.31. The first kappa shape index (κ1) is 39.8. The molecule has 0 unspecified atom stereocenters. The third kappa shape index (κ3) is 11.5. The van der Waals surface area contributed by atoms with Gasteiger partial charge in [-0.25, -0.2) is 4.79 Å². The molecule has 278 valence electrons. The van der Waals surface area contributed by atoms with E-state index in [1.165, 1.54) is 0 Å². The number of rotatable bonds is 18. The number of benzene rings is 1. The van der Waals surface area contributed by atoms with E-state index in [4.69, 9.17) is 17.2 Å². The summed E-state index contributed by atoms with van der Waals surface area (Å²) in [7, 11) is 0. The first-order valence-electron chi connectivity index (χ1n) is 16.4. The Morgan fingerprint density at radius 3 is 1.78 bits per heavy atom. The van der Waals surface area contributed by atoms with Crippen LogP contribution in [0.3, 0.4) is 0 Å². The van der Waals surface area contributed by atoms with Crippen molar-refractivity contribution in [3.8, 4) is 0 Å². The summed E-state index contributed by atoms with van der Waals surface area (Å²) < 4.78 is 0. The lowest BCUT2D eigenvalue weighted by atomic mass is 10.0. The van der Waals surface area contributed by atoms with Crippen LogP contribution in [0.15, 0.2) is 30.3 Å². The Morgan fingerprint density at radius 1 is 0.725 bits per heavy atom. The quantitative estimate of drug-likeness (QED) is 0.0741. The van der Waals surface area contributed by atoms with E-state index in [1.54, 1.807) is 30.3 Å². The summed E-state index contributed by atoms with van der Waals surface area (Å²) in [5.74, 6) is -8.71. The van der Waals surface area contributed by atoms with E-state index in [9.17, 15) is 53.4 Å². The lowest BCUT2D eigenvalue weighted by Crippen LogP contribution is -2.59. The summed E-state index contributed by atoms with van der Waals surface area (Å²) >= 11 is 0. The van der Waals surface area contributed by atoms with Crippen LogP contribution in [0.25, 0.3) is 0 Å². The Hall–Kier alpha value is -5.59. The number of nitrogens with one attached hydrogen (secondary N) is 3. The average Bonchev–Trinajstić information content (AvgIpc) is 3.76. The second-order valence-electron chi connectivity index (χ2n) is 12.5. The van der Waals surface area contributed by atoms with Crippen LogP contribution in [0.4, 0.5) is 0 Å². The highest BCUT2D eigenvalue weighted by atomic mass is 16.4. The molecule has 2 aliphatic heterocycles. The monoisotopic (exact) mass is 716 g/mol. The Bertz CT molecular complexity index is 1510. The van der Waals surface area contributed by atoms with Gasteiger partial charge in [0.2, 0.25) is 41.4 Å². The zero-order chi connectivity index (χ0) is 37.8. The number of amides is 7. The van der Waals surface area contributed by atoms with E-state index in [1.807, 2.05) is 0 Å². The smallest absolute Gasteiger partial charge is 0.326 e. The zero-order valence-corrected chi connectivity index (χ0v) is 27.8. The molecule has 0 aliphatic carbocycles. The molecular formula is C32H44N8O11. The van der Waals surface area contributed by atoms with Crippen LogP contribution in [0.2, 0.25) is 0 Å². The van der Waals surface area contributed by atoms with Crippen molar-refractivity contribution in [1.82, 2.24) is 25.8 Å². The standard InChI is InChI=1S/C32H44N8O11/c33-18(15-25(35)42)30(48)39-12-4-8-22(39)28(46)37-20(16-26(43)44)27(45)36-19(10-11-24(34)41)31(49)40-13-5-9-23(40)29(47)38-21(32(50)51)14-17-6-2-1-3-7-17/h1-3,6-7,18-23H,4-5,8-16,33H2,(H2,34,41)(H2,35,42)(H,36,45)(H,37,46)(H,38,47)(H,43,44)(H,50,51)/t18-,19-,20-,21-,22-,23-/m0/s1. The Morgan fingerprint density at radius 2 is 1.27 bits per heavy atom. The number of hydrogen-bond acceptors (Lipinski definition) is 10. The topological polar surface area (TPSA) is 315 Å². The summed E-state index contributed by atoms with van der Waals surface area (Å²) in [5, 5.41) is 26.4. The minimum Gasteiger partial charge on any atom is -0.481 e. The van der Waals surface area contributed by atoms with Crippen LogP contribution in [-0.4, -0.2) is 123 Å². The lowest BCUT2D eigenvalue weighted by molar-refractivity contribution is -0.145. The van der Waals surface area contributed by atoms with Crippen LogP contribution in [0.1, 0.15) is 56.9 Å². The maximum atomic E-state index is 13.8. The molecule has 0 spiro atoms. The Kier molecular flexibility index (Phi) is 14.4. The SMILES string of the molecule is NC(=O)CC[C@H](NC(=O)[C@H](CC(=O)O)NC(=O)[C@@H]1CCCN1C(=O)[C@@H](N)CC(N)=O)C(=O)N1CCC[C@H]1C(=O)N[C@@H](Cc1ccccc1)C(=O)O. The molecule has 11 N–H and O–H groups in total. The van der Waals surface area contributed by atoms with Crippen LogP contribution in [0, 0.1) is 0 Å². The molecule has 2 fully saturated rings. The largest absolute Gasteiger partial charge is 0.481 e. The third-order valence-corrected chi connectivity index (χ3v) is 8.62. The summed E-state index contributed by atoms with van der Waals surface area (Å²) in [6, 6.07) is 0.446. The molecule has 2 aliphatic rings. The van der Waals surface area contributed by atoms with Crippen molar-refractivity contribution in [2.24, 2.45) is 17.2 Å². The number of hydrogen-bond donors (Lipinski definition) is 8. The number of likely N-dealkylation sites (tertiary alicyclic amines) is 2. The number of carboxylic acids is 2. The van der Waals surface area contributed by atoms with Gasteiger partial charge in [-0.15, -0.1) is 0 Å². The molecule has 1 aromatic carbocycles. The van der Waals surface area contributed by atoms with Crippen molar-refractivity contribution in [2.75, 3.05) is 13.1 Å². The molecule has 0 saturated carbocycles. The highest BCUT2D eigenvalue weighted by Gasteiger charge is 2.41. The molecule has 6 atom stereocenters. The maximum Gasteiger partial charge on any atom is 0.326 e. The van der Waals surface area contributed by atoms with E-state index in [0.29, 0.717) is 18.4 Å². The van der Waals surface area contributed by atoms with Crippen molar-refractivity contribution in [3.63, 3.8) is 0 Å². The second kappa shape index (κ2) is 18.4. The molecule has 2 heterocycles.